The molecule has 2 aliphatic heterocycles. The van der Waals surface area contributed by atoms with E-state index in [2.05, 4.69) is 10.6 Å². The second kappa shape index (κ2) is 13.0. The van der Waals surface area contributed by atoms with Crippen LogP contribution in [0.4, 0.5) is 4.79 Å². The minimum absolute atomic E-state index is 0.0705. The Morgan fingerprint density at radius 1 is 1.07 bits per heavy atom. The van der Waals surface area contributed by atoms with Crippen molar-refractivity contribution in [3.8, 4) is 22.6 Å². The Balaban J connectivity index is 1.46. The van der Waals surface area contributed by atoms with Crippen molar-refractivity contribution in [2.24, 2.45) is 0 Å². The number of carboxylic acid groups (broad SMARTS) is 1. The summed E-state index contributed by atoms with van der Waals surface area (Å²) in [7, 11) is 3.11. The van der Waals surface area contributed by atoms with Gasteiger partial charge in [0, 0.05) is 39.2 Å². The van der Waals surface area contributed by atoms with Crippen molar-refractivity contribution in [3.05, 3.63) is 47.5 Å². The van der Waals surface area contributed by atoms with Gasteiger partial charge in [-0.2, -0.15) is 0 Å². The zero-order chi connectivity index (χ0) is 28.7. The number of nitrogens with zero attached hydrogens (tertiary/aromatic N) is 1. The fraction of sp³-hybridized carbons (Fsp3) is 0.483. The van der Waals surface area contributed by atoms with Gasteiger partial charge in [0.1, 0.15) is 29.7 Å². The maximum absolute atomic E-state index is 12.7. The van der Waals surface area contributed by atoms with Crippen LogP contribution >= 0.6 is 0 Å². The highest BCUT2D eigenvalue weighted by atomic mass is 16.6. The Morgan fingerprint density at radius 2 is 1.73 bits per heavy atom. The summed E-state index contributed by atoms with van der Waals surface area (Å²) in [6, 6.07) is 9.84. The molecule has 0 spiro atoms. The minimum atomic E-state index is -1.12. The smallest absolute Gasteiger partial charge is 0.410 e. The Kier molecular flexibility index (Phi) is 9.49. The van der Waals surface area contributed by atoms with Crippen LogP contribution in [-0.4, -0.2) is 86.6 Å². The summed E-state index contributed by atoms with van der Waals surface area (Å²) in [5.41, 5.74) is 1.97. The molecule has 2 aromatic carbocycles. The van der Waals surface area contributed by atoms with Gasteiger partial charge in [0.05, 0.1) is 19.8 Å². The van der Waals surface area contributed by atoms with E-state index in [1.807, 2.05) is 24.3 Å². The molecule has 4 rings (SSSR count). The molecule has 2 amide bonds. The zero-order valence-electron chi connectivity index (χ0n) is 23.2. The number of carbonyl (C=O) groups is 3. The normalized spacial score (nSPS) is 19.5. The maximum Gasteiger partial charge on any atom is 0.410 e. The van der Waals surface area contributed by atoms with Gasteiger partial charge in [-0.1, -0.05) is 24.3 Å². The monoisotopic (exact) mass is 555 g/mol. The van der Waals surface area contributed by atoms with Crippen LogP contribution in [0.1, 0.15) is 30.9 Å². The highest BCUT2D eigenvalue weighted by Crippen LogP contribution is 2.40. The van der Waals surface area contributed by atoms with E-state index in [4.69, 9.17) is 18.9 Å². The second-order valence-corrected chi connectivity index (χ2v) is 10.1. The van der Waals surface area contributed by atoms with E-state index >= 15 is 0 Å². The number of piperazine rings is 1. The molecule has 0 aromatic heterocycles. The first-order chi connectivity index (χ1) is 19.2. The van der Waals surface area contributed by atoms with Gasteiger partial charge in [-0.25, -0.2) is 9.59 Å². The average molecular weight is 556 g/mol. The Labute approximate surface area is 233 Å². The molecule has 2 fully saturated rings. The lowest BCUT2D eigenvalue weighted by Crippen LogP contribution is -2.51. The third-order valence-electron chi connectivity index (χ3n) is 7.29. The van der Waals surface area contributed by atoms with Crippen molar-refractivity contribution in [2.45, 2.75) is 44.4 Å². The zero-order valence-corrected chi connectivity index (χ0v) is 23.2. The van der Waals surface area contributed by atoms with Crippen molar-refractivity contribution in [1.82, 2.24) is 15.5 Å². The first-order valence-electron chi connectivity index (χ1n) is 13.4. The summed E-state index contributed by atoms with van der Waals surface area (Å²) in [6.07, 6.45) is 1.07. The number of methoxy groups -OCH3 is 2. The highest BCUT2D eigenvalue weighted by Gasteiger charge is 2.39. The lowest BCUT2D eigenvalue weighted by molar-refractivity contribution is -0.147. The summed E-state index contributed by atoms with van der Waals surface area (Å²) >= 11 is 0. The number of aliphatic carboxylic acids is 1. The van der Waals surface area contributed by atoms with Crippen LogP contribution in [0.2, 0.25) is 0 Å². The van der Waals surface area contributed by atoms with Gasteiger partial charge in [0.2, 0.25) is 0 Å². The van der Waals surface area contributed by atoms with Gasteiger partial charge < -0.3 is 39.6 Å². The standard InChI is InChI=1S/C29H37N3O8/c1-29(9-4-14-40-29)27(35)31-22(26(33)34)15-19-5-7-21(8-6-19)25-23(37-2)16-20(17-24(25)38-3)18-39-28(36)32-12-10-30-11-13-32/h5-8,16-17,22,30H,4,9-15,18H2,1-3H3,(H,31,35)(H,33,34)/t22-,29?/m0/s1. The first-order valence-corrected chi connectivity index (χ1v) is 13.4. The molecule has 0 bridgehead atoms. The van der Waals surface area contributed by atoms with Crippen LogP contribution in [0, 0.1) is 0 Å². The van der Waals surface area contributed by atoms with Gasteiger partial charge in [-0.15, -0.1) is 0 Å². The summed E-state index contributed by atoms with van der Waals surface area (Å²) in [5, 5.41) is 15.6. The van der Waals surface area contributed by atoms with Crippen LogP contribution in [-0.2, 0) is 32.1 Å². The summed E-state index contributed by atoms with van der Waals surface area (Å²) in [6.45, 7) is 4.93. The van der Waals surface area contributed by atoms with Crippen LogP contribution < -0.4 is 20.1 Å². The molecule has 0 radical (unpaired) electrons. The molecule has 11 nitrogen and oxygen atoms in total. The molecule has 3 N–H and O–H groups in total. The lowest BCUT2D eigenvalue weighted by atomic mass is 9.97. The number of hydrogen-bond acceptors (Lipinski definition) is 8. The fourth-order valence-corrected chi connectivity index (χ4v) is 4.93. The SMILES string of the molecule is COc1cc(COC(=O)N2CCNCC2)cc(OC)c1-c1ccc(C[C@H](NC(=O)C2(C)CCCO2)C(=O)O)cc1. The maximum atomic E-state index is 12.7. The third kappa shape index (κ3) is 6.83. The van der Waals surface area contributed by atoms with Crippen LogP contribution in [0.3, 0.4) is 0 Å². The van der Waals surface area contributed by atoms with E-state index in [0.717, 1.165) is 36.2 Å². The number of amides is 2. The Morgan fingerprint density at radius 3 is 2.27 bits per heavy atom. The molecule has 1 unspecified atom stereocenters. The number of nitrogens with one attached hydrogen (secondary N) is 2. The van der Waals surface area contributed by atoms with E-state index in [0.29, 0.717) is 43.2 Å². The minimum Gasteiger partial charge on any atom is -0.496 e. The van der Waals surface area contributed by atoms with E-state index < -0.39 is 23.5 Å². The average Bonchev–Trinajstić information content (AvgIpc) is 3.43. The van der Waals surface area contributed by atoms with Crippen LogP contribution in [0.5, 0.6) is 11.5 Å². The molecule has 0 saturated carbocycles. The van der Waals surface area contributed by atoms with Gasteiger partial charge in [-0.3, -0.25) is 4.79 Å². The van der Waals surface area contributed by atoms with Crippen molar-refractivity contribution in [3.63, 3.8) is 0 Å². The van der Waals surface area contributed by atoms with Gasteiger partial charge in [0.25, 0.3) is 5.91 Å². The van der Waals surface area contributed by atoms with Gasteiger partial charge in [0.15, 0.2) is 0 Å². The van der Waals surface area contributed by atoms with Gasteiger partial charge in [-0.05, 0) is 48.6 Å². The molecule has 2 aliphatic rings. The molecule has 11 heteroatoms. The number of benzene rings is 2. The number of ether oxygens (including phenoxy) is 4. The number of rotatable bonds is 10. The van der Waals surface area contributed by atoms with Crippen molar-refractivity contribution in [1.29, 1.82) is 0 Å². The van der Waals surface area contributed by atoms with Crippen LogP contribution in [0.25, 0.3) is 11.1 Å². The largest absolute Gasteiger partial charge is 0.496 e. The predicted octanol–water partition coefficient (Wildman–Crippen LogP) is 2.59. The van der Waals surface area contributed by atoms with Crippen molar-refractivity contribution >= 4 is 18.0 Å². The molecule has 2 atom stereocenters. The number of carboxylic acids is 1. The van der Waals surface area contributed by atoms with Crippen molar-refractivity contribution < 1.29 is 38.4 Å². The molecule has 216 valence electrons. The molecule has 2 aromatic rings. The molecule has 2 saturated heterocycles. The first kappa shape index (κ1) is 29.2. The predicted molar refractivity (Wildman–Crippen MR) is 146 cm³/mol. The van der Waals surface area contributed by atoms with Crippen LogP contribution in [0.15, 0.2) is 36.4 Å². The number of carbonyl (C=O) groups excluding carboxylic acids is 2. The number of hydrogen-bond donors (Lipinski definition) is 3. The van der Waals surface area contributed by atoms with Gasteiger partial charge >= 0.3 is 12.1 Å². The topological polar surface area (TPSA) is 136 Å². The van der Waals surface area contributed by atoms with E-state index in [1.54, 1.807) is 38.2 Å². The molecular formula is C29H37N3O8. The van der Waals surface area contributed by atoms with E-state index in [9.17, 15) is 19.5 Å². The molecule has 2 heterocycles. The highest BCUT2D eigenvalue weighted by molar-refractivity contribution is 5.89. The third-order valence-corrected chi connectivity index (χ3v) is 7.29. The van der Waals surface area contributed by atoms with E-state index in [1.165, 1.54) is 0 Å². The van der Waals surface area contributed by atoms with E-state index in [-0.39, 0.29) is 19.1 Å². The second-order valence-electron chi connectivity index (χ2n) is 10.1. The van der Waals surface area contributed by atoms with Crippen molar-refractivity contribution in [2.75, 3.05) is 47.0 Å². The summed E-state index contributed by atoms with van der Waals surface area (Å²) < 4.78 is 22.4. The fourth-order valence-electron chi connectivity index (χ4n) is 4.93. The Bertz CT molecular complexity index is 1180. The Hall–Kier alpha value is -3.83. The molecular weight excluding hydrogens is 518 g/mol. The summed E-state index contributed by atoms with van der Waals surface area (Å²) in [4.78, 5) is 38.7. The molecule has 0 aliphatic carbocycles. The molecule has 40 heavy (non-hydrogen) atoms. The summed E-state index contributed by atoms with van der Waals surface area (Å²) in [5.74, 6) is -0.445. The quantitative estimate of drug-likeness (QED) is 0.404. The lowest BCUT2D eigenvalue weighted by Gasteiger charge is -2.26.